The first-order chi connectivity index (χ1) is 10.1. The third-order valence-corrected chi connectivity index (χ3v) is 3.77. The quantitative estimate of drug-likeness (QED) is 0.906. The first kappa shape index (κ1) is 13.7. The number of amides is 1. The molecule has 3 rings (SSSR count). The minimum atomic E-state index is -0.517. The number of nitrogens with two attached hydrogens (primary N) is 1. The van der Waals surface area contributed by atoms with Crippen molar-refractivity contribution in [2.24, 2.45) is 5.73 Å². The van der Waals surface area contributed by atoms with Crippen molar-refractivity contribution < 1.29 is 13.9 Å². The van der Waals surface area contributed by atoms with E-state index in [1.807, 2.05) is 0 Å². The fourth-order valence-corrected chi connectivity index (χ4v) is 2.72. The van der Waals surface area contributed by atoms with Crippen molar-refractivity contribution >= 4 is 22.6 Å². The molecule has 0 saturated carbocycles. The Morgan fingerprint density at radius 1 is 1.48 bits per heavy atom. The average molecular weight is 290 g/mol. The molecule has 110 valence electrons. The number of methoxy groups -OCH3 is 1. The Morgan fingerprint density at radius 3 is 3.00 bits per heavy atom. The molecule has 0 radical (unpaired) electrons. The zero-order chi connectivity index (χ0) is 15.0. The molecule has 0 bridgehead atoms. The van der Waals surface area contributed by atoms with Crippen LogP contribution >= 0.6 is 0 Å². The minimum absolute atomic E-state index is 0.110. The van der Waals surface area contributed by atoms with Gasteiger partial charge in [-0.05, 0) is 18.2 Å². The number of fused-ring (bicyclic) bond motifs is 1. The van der Waals surface area contributed by atoms with Gasteiger partial charge in [-0.3, -0.25) is 4.79 Å². The highest BCUT2D eigenvalue weighted by atomic mass is 19.1. The summed E-state index contributed by atoms with van der Waals surface area (Å²) in [4.78, 5) is 21.7. The van der Waals surface area contributed by atoms with Crippen molar-refractivity contribution in [2.45, 2.75) is 18.6 Å². The molecule has 0 unspecified atom stereocenters. The van der Waals surface area contributed by atoms with Crippen molar-refractivity contribution in [3.05, 3.63) is 30.3 Å². The van der Waals surface area contributed by atoms with Crippen LogP contribution in [0.15, 0.2) is 24.5 Å². The van der Waals surface area contributed by atoms with Gasteiger partial charge in [0.2, 0.25) is 5.91 Å². The molecule has 2 heterocycles. The van der Waals surface area contributed by atoms with Crippen LogP contribution in [0.1, 0.15) is 6.42 Å². The Morgan fingerprint density at radius 2 is 2.29 bits per heavy atom. The van der Waals surface area contributed by atoms with Crippen molar-refractivity contribution in [3.63, 3.8) is 0 Å². The minimum Gasteiger partial charge on any atom is -0.380 e. The van der Waals surface area contributed by atoms with Gasteiger partial charge in [-0.2, -0.15) is 0 Å². The predicted molar refractivity (Wildman–Crippen MR) is 75.2 cm³/mol. The van der Waals surface area contributed by atoms with E-state index in [0.717, 1.165) is 0 Å². The Hall–Kier alpha value is -2.28. The van der Waals surface area contributed by atoms with Gasteiger partial charge in [0.25, 0.3) is 0 Å². The van der Waals surface area contributed by atoms with Crippen LogP contribution in [0.25, 0.3) is 10.9 Å². The summed E-state index contributed by atoms with van der Waals surface area (Å²) in [6.07, 6.45) is 1.78. The first-order valence-electron chi connectivity index (χ1n) is 6.59. The maximum atomic E-state index is 13.5. The largest absolute Gasteiger partial charge is 0.380 e. The molecule has 2 aromatic rings. The Kier molecular flexibility index (Phi) is 3.42. The maximum absolute atomic E-state index is 13.5. The number of anilines is 1. The summed E-state index contributed by atoms with van der Waals surface area (Å²) in [7, 11) is 1.59. The third-order valence-electron chi connectivity index (χ3n) is 3.77. The second-order valence-electron chi connectivity index (χ2n) is 5.02. The number of hydrogen-bond donors (Lipinski definition) is 1. The van der Waals surface area contributed by atoms with Crippen LogP contribution in [-0.4, -0.2) is 41.7 Å². The van der Waals surface area contributed by atoms with Crippen molar-refractivity contribution in [2.75, 3.05) is 18.6 Å². The second-order valence-corrected chi connectivity index (χ2v) is 5.02. The molecule has 0 spiro atoms. The van der Waals surface area contributed by atoms with Crippen LogP contribution in [0.5, 0.6) is 0 Å². The van der Waals surface area contributed by atoms with E-state index >= 15 is 0 Å². The van der Waals surface area contributed by atoms with E-state index in [1.54, 1.807) is 18.1 Å². The standard InChI is InChI=1S/C14H15FN4O2/c1-21-9-5-12(13(16)20)19(6-9)14-10-4-8(15)2-3-11(10)17-7-18-14/h2-4,7,9,12H,5-6H2,1H3,(H2,16,20)/t9-,12-/m0/s1. The summed E-state index contributed by atoms with van der Waals surface area (Å²) in [5.74, 6) is -0.322. The Balaban J connectivity index is 2.10. The summed E-state index contributed by atoms with van der Waals surface area (Å²) < 4.78 is 18.8. The lowest BCUT2D eigenvalue weighted by Crippen LogP contribution is -2.40. The van der Waals surface area contributed by atoms with E-state index in [2.05, 4.69) is 9.97 Å². The van der Waals surface area contributed by atoms with Gasteiger partial charge in [0.15, 0.2) is 0 Å². The van der Waals surface area contributed by atoms with Crippen LogP contribution in [0.3, 0.4) is 0 Å². The molecular formula is C14H15FN4O2. The molecule has 1 fully saturated rings. The summed E-state index contributed by atoms with van der Waals surface area (Å²) in [5.41, 5.74) is 6.08. The number of hydrogen-bond acceptors (Lipinski definition) is 5. The number of nitrogens with zero attached hydrogens (tertiary/aromatic N) is 3. The topological polar surface area (TPSA) is 81.3 Å². The van der Waals surface area contributed by atoms with Crippen LogP contribution in [0.4, 0.5) is 10.2 Å². The maximum Gasteiger partial charge on any atom is 0.240 e. The number of carbonyl (C=O) groups is 1. The predicted octanol–water partition coefficient (Wildman–Crippen LogP) is 0.848. The number of carbonyl (C=O) groups excluding carboxylic acids is 1. The van der Waals surface area contributed by atoms with Gasteiger partial charge in [0, 0.05) is 25.5 Å². The monoisotopic (exact) mass is 290 g/mol. The Labute approximate surface area is 120 Å². The molecule has 2 atom stereocenters. The molecule has 0 aliphatic carbocycles. The van der Waals surface area contributed by atoms with E-state index in [4.69, 9.17) is 10.5 Å². The lowest BCUT2D eigenvalue weighted by molar-refractivity contribution is -0.119. The molecule has 1 aliphatic heterocycles. The first-order valence-corrected chi connectivity index (χ1v) is 6.59. The summed E-state index contributed by atoms with van der Waals surface area (Å²) in [5, 5.41) is 0.556. The van der Waals surface area contributed by atoms with E-state index in [1.165, 1.54) is 18.5 Å². The van der Waals surface area contributed by atoms with Crippen molar-refractivity contribution in [1.82, 2.24) is 9.97 Å². The fourth-order valence-electron chi connectivity index (χ4n) is 2.72. The van der Waals surface area contributed by atoms with Crippen LogP contribution < -0.4 is 10.6 Å². The van der Waals surface area contributed by atoms with Gasteiger partial charge in [-0.25, -0.2) is 14.4 Å². The smallest absolute Gasteiger partial charge is 0.240 e. The van der Waals surface area contributed by atoms with E-state index in [0.29, 0.717) is 29.7 Å². The summed E-state index contributed by atoms with van der Waals surface area (Å²) >= 11 is 0. The highest BCUT2D eigenvalue weighted by Crippen LogP contribution is 2.30. The lowest BCUT2D eigenvalue weighted by atomic mass is 10.1. The van der Waals surface area contributed by atoms with Gasteiger partial charge in [0.1, 0.15) is 24.0 Å². The third kappa shape index (κ3) is 2.40. The van der Waals surface area contributed by atoms with Crippen LogP contribution in [-0.2, 0) is 9.53 Å². The lowest BCUT2D eigenvalue weighted by Gasteiger charge is -2.24. The molecule has 1 aliphatic rings. The normalized spacial score (nSPS) is 21.9. The van der Waals surface area contributed by atoms with Crippen molar-refractivity contribution in [3.8, 4) is 0 Å². The highest BCUT2D eigenvalue weighted by molar-refractivity contribution is 5.93. The van der Waals surface area contributed by atoms with E-state index in [-0.39, 0.29) is 11.9 Å². The molecule has 1 aromatic carbocycles. The molecule has 21 heavy (non-hydrogen) atoms. The molecular weight excluding hydrogens is 275 g/mol. The molecule has 1 saturated heterocycles. The number of primary amides is 1. The zero-order valence-electron chi connectivity index (χ0n) is 11.5. The number of halogens is 1. The zero-order valence-corrected chi connectivity index (χ0v) is 11.5. The molecule has 1 aromatic heterocycles. The number of benzene rings is 1. The molecule has 7 heteroatoms. The van der Waals surface area contributed by atoms with Gasteiger partial charge >= 0.3 is 0 Å². The van der Waals surface area contributed by atoms with Crippen LogP contribution in [0, 0.1) is 5.82 Å². The molecule has 2 N–H and O–H groups in total. The van der Waals surface area contributed by atoms with E-state index < -0.39 is 11.9 Å². The Bertz CT molecular complexity index is 694. The van der Waals surface area contributed by atoms with Gasteiger partial charge in [-0.15, -0.1) is 0 Å². The van der Waals surface area contributed by atoms with Crippen LogP contribution in [0.2, 0.25) is 0 Å². The fraction of sp³-hybridized carbons (Fsp3) is 0.357. The van der Waals surface area contributed by atoms with Gasteiger partial charge in [0.05, 0.1) is 11.6 Å². The summed E-state index contributed by atoms with van der Waals surface area (Å²) in [6.45, 7) is 0.479. The van der Waals surface area contributed by atoms with Gasteiger partial charge < -0.3 is 15.4 Å². The van der Waals surface area contributed by atoms with Crippen molar-refractivity contribution in [1.29, 1.82) is 0 Å². The second kappa shape index (κ2) is 5.25. The van der Waals surface area contributed by atoms with E-state index in [9.17, 15) is 9.18 Å². The summed E-state index contributed by atoms with van der Waals surface area (Å²) in [6, 6.07) is 3.77. The average Bonchev–Trinajstić information content (AvgIpc) is 2.91. The number of aromatic nitrogens is 2. The molecule has 1 amide bonds. The highest BCUT2D eigenvalue weighted by Gasteiger charge is 2.37. The van der Waals surface area contributed by atoms with Gasteiger partial charge in [-0.1, -0.05) is 0 Å². The SMILES string of the molecule is CO[C@H]1C[C@@H](C(N)=O)N(c2ncnc3ccc(F)cc23)C1. The molecule has 6 nitrogen and oxygen atoms in total. The number of rotatable bonds is 3. The number of ether oxygens (including phenoxy) is 1.